The molecule has 1 heterocycles. The van der Waals surface area contributed by atoms with Crippen LogP contribution in [0.1, 0.15) is 25.8 Å². The highest BCUT2D eigenvalue weighted by Gasteiger charge is 2.22. The van der Waals surface area contributed by atoms with Gasteiger partial charge in [-0.1, -0.05) is 32.0 Å². The number of rotatable bonds is 2. The number of nitrogen functional groups attached to an aromatic ring is 1. The Balaban J connectivity index is 1.98. The highest BCUT2D eigenvalue weighted by atomic mass is 15.1. The fourth-order valence-corrected chi connectivity index (χ4v) is 2.41. The van der Waals surface area contributed by atoms with Gasteiger partial charge in [0.25, 0.3) is 0 Å². The van der Waals surface area contributed by atoms with E-state index in [0.717, 1.165) is 24.1 Å². The lowest BCUT2D eigenvalue weighted by molar-refractivity contribution is 0.132. The summed E-state index contributed by atoms with van der Waals surface area (Å²) in [6.07, 6.45) is 1.31. The van der Waals surface area contributed by atoms with Gasteiger partial charge in [-0.25, -0.2) is 0 Å². The van der Waals surface area contributed by atoms with Gasteiger partial charge in [0, 0.05) is 18.8 Å². The monoisotopic (exact) mass is 218 g/mol. The third-order valence-electron chi connectivity index (χ3n) is 3.87. The zero-order valence-electron chi connectivity index (χ0n) is 10.3. The molecule has 1 aliphatic heterocycles. The SMILES string of the molecule is CC1CCN(Cc2ccccc2N)CC1C. The first-order chi connectivity index (χ1) is 7.66. The molecule has 1 aromatic carbocycles. The average molecular weight is 218 g/mol. The zero-order valence-corrected chi connectivity index (χ0v) is 10.3. The molecule has 2 unspecified atom stereocenters. The maximum Gasteiger partial charge on any atom is 0.0359 e. The van der Waals surface area contributed by atoms with Crippen molar-refractivity contribution in [2.45, 2.75) is 26.8 Å². The molecule has 16 heavy (non-hydrogen) atoms. The van der Waals surface area contributed by atoms with Crippen LogP contribution in [-0.4, -0.2) is 18.0 Å². The minimum Gasteiger partial charge on any atom is -0.398 e. The van der Waals surface area contributed by atoms with Gasteiger partial charge in [-0.3, -0.25) is 4.90 Å². The van der Waals surface area contributed by atoms with Crippen LogP contribution in [0.25, 0.3) is 0 Å². The maximum atomic E-state index is 5.97. The summed E-state index contributed by atoms with van der Waals surface area (Å²) in [5.41, 5.74) is 8.17. The summed E-state index contributed by atoms with van der Waals surface area (Å²) >= 11 is 0. The lowest BCUT2D eigenvalue weighted by atomic mass is 9.88. The summed E-state index contributed by atoms with van der Waals surface area (Å²) in [4.78, 5) is 2.52. The van der Waals surface area contributed by atoms with Gasteiger partial charge in [-0.2, -0.15) is 0 Å². The number of hydrogen-bond donors (Lipinski definition) is 1. The molecule has 2 rings (SSSR count). The van der Waals surface area contributed by atoms with Crippen molar-refractivity contribution in [2.75, 3.05) is 18.8 Å². The molecule has 88 valence electrons. The number of benzene rings is 1. The maximum absolute atomic E-state index is 5.97. The van der Waals surface area contributed by atoms with E-state index in [1.807, 2.05) is 12.1 Å². The van der Waals surface area contributed by atoms with Crippen molar-refractivity contribution in [1.82, 2.24) is 4.90 Å². The van der Waals surface area contributed by atoms with Crippen LogP contribution in [0.4, 0.5) is 5.69 Å². The van der Waals surface area contributed by atoms with E-state index in [4.69, 9.17) is 5.73 Å². The van der Waals surface area contributed by atoms with Crippen molar-refractivity contribution in [3.63, 3.8) is 0 Å². The Morgan fingerprint density at radius 1 is 1.25 bits per heavy atom. The lowest BCUT2D eigenvalue weighted by Gasteiger charge is -2.35. The molecule has 0 spiro atoms. The molecule has 1 aliphatic rings. The molecule has 2 atom stereocenters. The molecule has 0 bridgehead atoms. The van der Waals surface area contributed by atoms with Crippen molar-refractivity contribution in [3.05, 3.63) is 29.8 Å². The van der Waals surface area contributed by atoms with E-state index in [1.165, 1.54) is 25.1 Å². The molecular weight excluding hydrogens is 196 g/mol. The first-order valence-corrected chi connectivity index (χ1v) is 6.22. The van der Waals surface area contributed by atoms with Crippen molar-refractivity contribution >= 4 is 5.69 Å². The molecule has 0 saturated carbocycles. The number of piperidine rings is 1. The molecule has 0 radical (unpaired) electrons. The molecule has 0 aromatic heterocycles. The van der Waals surface area contributed by atoms with Crippen LogP contribution in [0, 0.1) is 11.8 Å². The Morgan fingerprint density at radius 2 is 2.00 bits per heavy atom. The van der Waals surface area contributed by atoms with Gasteiger partial charge >= 0.3 is 0 Å². The Morgan fingerprint density at radius 3 is 2.69 bits per heavy atom. The van der Waals surface area contributed by atoms with Crippen LogP contribution in [0.5, 0.6) is 0 Å². The lowest BCUT2D eigenvalue weighted by Crippen LogP contribution is -2.37. The van der Waals surface area contributed by atoms with Gasteiger partial charge in [-0.05, 0) is 36.4 Å². The van der Waals surface area contributed by atoms with Crippen LogP contribution in [0.3, 0.4) is 0 Å². The number of para-hydroxylation sites is 1. The van der Waals surface area contributed by atoms with E-state index in [1.54, 1.807) is 0 Å². The summed E-state index contributed by atoms with van der Waals surface area (Å²) in [6.45, 7) is 8.13. The van der Waals surface area contributed by atoms with Crippen LogP contribution >= 0.6 is 0 Å². The van der Waals surface area contributed by atoms with Crippen molar-refractivity contribution in [3.8, 4) is 0 Å². The topological polar surface area (TPSA) is 29.3 Å². The highest BCUT2D eigenvalue weighted by molar-refractivity contribution is 5.46. The quantitative estimate of drug-likeness (QED) is 0.773. The largest absolute Gasteiger partial charge is 0.398 e. The van der Waals surface area contributed by atoms with Crippen molar-refractivity contribution < 1.29 is 0 Å². The molecule has 2 N–H and O–H groups in total. The summed E-state index contributed by atoms with van der Waals surface area (Å²) in [5, 5.41) is 0. The third-order valence-corrected chi connectivity index (χ3v) is 3.87. The van der Waals surface area contributed by atoms with Crippen molar-refractivity contribution in [2.24, 2.45) is 11.8 Å². The van der Waals surface area contributed by atoms with Gasteiger partial charge in [0.05, 0.1) is 0 Å². The second kappa shape index (κ2) is 4.88. The molecule has 0 amide bonds. The van der Waals surface area contributed by atoms with Crippen molar-refractivity contribution in [1.29, 1.82) is 0 Å². The molecule has 0 aliphatic carbocycles. The summed E-state index contributed by atoms with van der Waals surface area (Å²) in [5.74, 6) is 1.67. The summed E-state index contributed by atoms with van der Waals surface area (Å²) in [6, 6.07) is 8.20. The van der Waals surface area contributed by atoms with Gasteiger partial charge < -0.3 is 5.73 Å². The predicted molar refractivity (Wildman–Crippen MR) is 69.1 cm³/mol. The second-order valence-electron chi connectivity index (χ2n) is 5.18. The third kappa shape index (κ3) is 2.56. The average Bonchev–Trinajstić information content (AvgIpc) is 2.27. The molecule has 2 nitrogen and oxygen atoms in total. The van der Waals surface area contributed by atoms with E-state index in [-0.39, 0.29) is 0 Å². The number of nitrogens with two attached hydrogens (primary N) is 1. The Kier molecular flexibility index (Phi) is 3.49. The van der Waals surface area contributed by atoms with E-state index < -0.39 is 0 Å². The van der Waals surface area contributed by atoms with Crippen LogP contribution in [-0.2, 0) is 6.54 Å². The van der Waals surface area contributed by atoms with E-state index in [0.29, 0.717) is 0 Å². The molecule has 1 saturated heterocycles. The minimum absolute atomic E-state index is 0.804. The summed E-state index contributed by atoms with van der Waals surface area (Å²) < 4.78 is 0. The molecule has 1 aromatic rings. The van der Waals surface area contributed by atoms with Gasteiger partial charge in [0.1, 0.15) is 0 Å². The van der Waals surface area contributed by atoms with Crippen LogP contribution in [0.15, 0.2) is 24.3 Å². The van der Waals surface area contributed by atoms with Gasteiger partial charge in [0.2, 0.25) is 0 Å². The fraction of sp³-hybridized carbons (Fsp3) is 0.571. The smallest absolute Gasteiger partial charge is 0.0359 e. The number of nitrogens with zero attached hydrogens (tertiary/aromatic N) is 1. The van der Waals surface area contributed by atoms with Crippen LogP contribution in [0.2, 0.25) is 0 Å². The van der Waals surface area contributed by atoms with E-state index >= 15 is 0 Å². The standard InChI is InChI=1S/C14H22N2/c1-11-7-8-16(9-12(11)2)10-13-5-3-4-6-14(13)15/h3-6,11-12H,7-10,15H2,1-2H3. The van der Waals surface area contributed by atoms with E-state index in [2.05, 4.69) is 30.9 Å². The highest BCUT2D eigenvalue weighted by Crippen LogP contribution is 2.24. The Labute approximate surface area is 98.4 Å². The number of anilines is 1. The first kappa shape index (κ1) is 11.5. The summed E-state index contributed by atoms with van der Waals surface area (Å²) in [7, 11) is 0. The van der Waals surface area contributed by atoms with Crippen LogP contribution < -0.4 is 5.73 Å². The Bertz CT molecular complexity index is 348. The minimum atomic E-state index is 0.804. The molecule has 2 heteroatoms. The van der Waals surface area contributed by atoms with Gasteiger partial charge in [0.15, 0.2) is 0 Å². The zero-order chi connectivity index (χ0) is 11.5. The fourth-order valence-electron chi connectivity index (χ4n) is 2.41. The predicted octanol–water partition coefficient (Wildman–Crippen LogP) is 2.75. The number of likely N-dealkylation sites (tertiary alicyclic amines) is 1. The number of hydrogen-bond acceptors (Lipinski definition) is 2. The van der Waals surface area contributed by atoms with E-state index in [9.17, 15) is 0 Å². The normalized spacial score (nSPS) is 26.9. The van der Waals surface area contributed by atoms with Gasteiger partial charge in [-0.15, -0.1) is 0 Å². The molecular formula is C14H22N2. The first-order valence-electron chi connectivity index (χ1n) is 6.22. The molecule has 1 fully saturated rings. The Hall–Kier alpha value is -1.02. The second-order valence-corrected chi connectivity index (χ2v) is 5.18.